The van der Waals surface area contributed by atoms with Crippen LogP contribution < -0.4 is 4.72 Å². The van der Waals surface area contributed by atoms with E-state index >= 15 is 0 Å². The van der Waals surface area contributed by atoms with Crippen LogP contribution in [0.2, 0.25) is 0 Å². The Kier molecular flexibility index (Phi) is 6.82. The number of ether oxygens (including phenoxy) is 1. The van der Waals surface area contributed by atoms with Gasteiger partial charge in [0.2, 0.25) is 10.0 Å². The van der Waals surface area contributed by atoms with E-state index in [1.807, 2.05) is 0 Å². The Balaban J connectivity index is 2.25. The van der Waals surface area contributed by atoms with Gasteiger partial charge in [0.05, 0.1) is 29.0 Å². The lowest BCUT2D eigenvalue weighted by atomic mass is 10.2. The van der Waals surface area contributed by atoms with Gasteiger partial charge in [0.15, 0.2) is 0 Å². The van der Waals surface area contributed by atoms with Crippen molar-refractivity contribution >= 4 is 54.2 Å². The number of halogens is 2. The number of carbonyl (C=O) groups excluding carboxylic acids is 1. The summed E-state index contributed by atoms with van der Waals surface area (Å²) in [5.41, 5.74) is -0.0841. The minimum absolute atomic E-state index is 0.0716. The lowest BCUT2D eigenvalue weighted by molar-refractivity contribution is 0.0593. The smallest absolute Gasteiger partial charge is 0.355 e. The van der Waals surface area contributed by atoms with Crippen molar-refractivity contribution in [2.24, 2.45) is 0 Å². The summed E-state index contributed by atoms with van der Waals surface area (Å²) in [4.78, 5) is 12.2. The molecule has 0 aliphatic carbocycles. The van der Waals surface area contributed by atoms with Crippen molar-refractivity contribution in [3.8, 4) is 0 Å². The van der Waals surface area contributed by atoms with E-state index in [9.17, 15) is 26.0 Å². The predicted octanol–water partition coefficient (Wildman–Crippen LogP) is 3.48. The molecule has 2 aromatic carbocycles. The van der Waals surface area contributed by atoms with Crippen LogP contribution in [0, 0.1) is 12.7 Å². The van der Waals surface area contributed by atoms with Gasteiger partial charge in [-0.3, -0.25) is 4.72 Å². The Morgan fingerprint density at radius 1 is 1.12 bits per heavy atom. The van der Waals surface area contributed by atoms with Crippen molar-refractivity contribution in [2.75, 3.05) is 23.5 Å². The van der Waals surface area contributed by atoms with Crippen molar-refractivity contribution in [2.45, 2.75) is 18.2 Å². The maximum absolute atomic E-state index is 14.6. The van der Waals surface area contributed by atoms with Gasteiger partial charge < -0.3 is 4.74 Å². The zero-order chi connectivity index (χ0) is 23.7. The Morgan fingerprint density at radius 3 is 2.38 bits per heavy atom. The summed E-state index contributed by atoms with van der Waals surface area (Å²) in [6.07, 6.45) is 0.144. The summed E-state index contributed by atoms with van der Waals surface area (Å²) in [7, 11) is -7.16. The number of hydrogen-bond donors (Lipinski definition) is 1. The highest BCUT2D eigenvalue weighted by molar-refractivity contribution is 7.92. The Bertz CT molecular complexity index is 1380. The molecular weight excluding hydrogens is 483 g/mol. The average molecular weight is 503 g/mol. The third-order valence-corrected chi connectivity index (χ3v) is 7.98. The molecule has 0 atom stereocenters. The van der Waals surface area contributed by atoms with Crippen LogP contribution in [0.15, 0.2) is 47.4 Å². The number of aryl methyl sites for hydroxylation is 1. The highest BCUT2D eigenvalue weighted by Gasteiger charge is 2.28. The van der Waals surface area contributed by atoms with Gasteiger partial charge in [-0.2, -0.15) is 0 Å². The third kappa shape index (κ3) is 4.74. The van der Waals surface area contributed by atoms with Crippen LogP contribution in [-0.2, 0) is 24.8 Å². The van der Waals surface area contributed by atoms with Crippen LogP contribution in [0.5, 0.6) is 0 Å². The molecule has 0 saturated carbocycles. The maximum atomic E-state index is 14.6. The standard InChI is InChI=1S/C20H20ClFN2O6S2/c1-13-4-6-15(7-5-13)32(28,29)24-18-12-17(23-31(26,27)9-3-8-21)16(22)10-14(18)11-19(24)20(25)30-2/h4-7,10-12,23H,3,8-9H2,1-2H3. The fraction of sp³-hybridized carbons (Fsp3) is 0.250. The lowest BCUT2D eigenvalue weighted by Crippen LogP contribution is -2.20. The molecule has 3 aromatic rings. The number of hydrogen-bond acceptors (Lipinski definition) is 6. The maximum Gasteiger partial charge on any atom is 0.355 e. The van der Waals surface area contributed by atoms with E-state index in [1.54, 1.807) is 19.1 Å². The number of anilines is 1. The number of nitrogens with one attached hydrogen (secondary N) is 1. The zero-order valence-corrected chi connectivity index (χ0v) is 19.5. The molecule has 0 fully saturated rings. The van der Waals surface area contributed by atoms with E-state index in [1.165, 1.54) is 18.2 Å². The summed E-state index contributed by atoms with van der Waals surface area (Å²) in [6, 6.07) is 9.07. The van der Waals surface area contributed by atoms with E-state index < -0.39 is 37.5 Å². The van der Waals surface area contributed by atoms with E-state index in [2.05, 4.69) is 4.72 Å². The van der Waals surface area contributed by atoms with Gasteiger partial charge in [0.25, 0.3) is 10.0 Å². The number of benzene rings is 2. The summed E-state index contributed by atoms with van der Waals surface area (Å²) in [5, 5.41) is 0.0716. The molecule has 0 amide bonds. The fourth-order valence-corrected chi connectivity index (χ4v) is 5.97. The summed E-state index contributed by atoms with van der Waals surface area (Å²) in [5.74, 6) is -2.14. The highest BCUT2D eigenvalue weighted by atomic mass is 35.5. The number of methoxy groups -OCH3 is 1. The number of sulfonamides is 1. The van der Waals surface area contributed by atoms with Crippen molar-refractivity contribution in [1.29, 1.82) is 0 Å². The Labute approximate surface area is 190 Å². The molecule has 32 heavy (non-hydrogen) atoms. The Morgan fingerprint density at radius 2 is 1.78 bits per heavy atom. The summed E-state index contributed by atoms with van der Waals surface area (Å²) >= 11 is 5.52. The largest absolute Gasteiger partial charge is 0.464 e. The van der Waals surface area contributed by atoms with Crippen LogP contribution in [0.1, 0.15) is 22.5 Å². The second kappa shape index (κ2) is 9.08. The number of carbonyl (C=O) groups is 1. The first kappa shape index (κ1) is 24.0. The van der Waals surface area contributed by atoms with Crippen LogP contribution in [0.3, 0.4) is 0 Å². The molecular formula is C20H20ClFN2O6S2. The molecule has 1 N–H and O–H groups in total. The molecule has 0 aliphatic heterocycles. The van der Waals surface area contributed by atoms with Crippen LogP contribution >= 0.6 is 11.6 Å². The topological polar surface area (TPSA) is 112 Å². The first-order chi connectivity index (χ1) is 15.0. The van der Waals surface area contributed by atoms with Crippen LogP contribution in [0.4, 0.5) is 10.1 Å². The average Bonchev–Trinajstić information content (AvgIpc) is 3.11. The predicted molar refractivity (Wildman–Crippen MR) is 120 cm³/mol. The van der Waals surface area contributed by atoms with Crippen molar-refractivity contribution in [3.05, 3.63) is 59.5 Å². The van der Waals surface area contributed by atoms with Gasteiger partial charge in [-0.15, -0.1) is 11.6 Å². The minimum atomic E-state index is -4.31. The number of nitrogens with zero attached hydrogens (tertiary/aromatic N) is 1. The van der Waals surface area contributed by atoms with Crippen molar-refractivity contribution < 1.29 is 30.8 Å². The van der Waals surface area contributed by atoms with Crippen molar-refractivity contribution in [1.82, 2.24) is 3.97 Å². The quantitative estimate of drug-likeness (QED) is 0.373. The van der Waals surface area contributed by atoms with Crippen LogP contribution in [0.25, 0.3) is 10.9 Å². The molecule has 172 valence electrons. The number of esters is 1. The second-order valence-electron chi connectivity index (χ2n) is 6.96. The zero-order valence-electron chi connectivity index (χ0n) is 17.1. The molecule has 0 spiro atoms. The molecule has 0 saturated heterocycles. The Hall–Kier alpha value is -2.63. The monoisotopic (exact) mass is 502 g/mol. The van der Waals surface area contributed by atoms with Crippen molar-refractivity contribution in [3.63, 3.8) is 0 Å². The number of aromatic nitrogens is 1. The van der Waals surface area contributed by atoms with Gasteiger partial charge >= 0.3 is 5.97 Å². The minimum Gasteiger partial charge on any atom is -0.464 e. The first-order valence-electron chi connectivity index (χ1n) is 9.32. The van der Waals surface area contributed by atoms with Gasteiger partial charge in [-0.1, -0.05) is 17.7 Å². The van der Waals surface area contributed by atoms with Gasteiger partial charge in [-0.05, 0) is 43.7 Å². The van der Waals surface area contributed by atoms with Gasteiger partial charge in [0, 0.05) is 11.3 Å². The lowest BCUT2D eigenvalue weighted by Gasteiger charge is -2.13. The number of alkyl halides is 1. The molecule has 0 radical (unpaired) electrons. The molecule has 1 aromatic heterocycles. The molecule has 0 bridgehead atoms. The number of rotatable bonds is 8. The van der Waals surface area contributed by atoms with E-state index in [-0.39, 0.29) is 39.5 Å². The summed E-state index contributed by atoms with van der Waals surface area (Å²) < 4.78 is 73.4. The second-order valence-corrected chi connectivity index (χ2v) is 11.0. The van der Waals surface area contributed by atoms with Crippen LogP contribution in [-0.4, -0.2) is 45.5 Å². The third-order valence-electron chi connectivity index (χ3n) is 4.61. The van der Waals surface area contributed by atoms with Gasteiger partial charge in [-0.25, -0.2) is 30.0 Å². The molecule has 1 heterocycles. The molecule has 0 unspecified atom stereocenters. The molecule has 0 aliphatic rings. The highest BCUT2D eigenvalue weighted by Crippen LogP contribution is 2.31. The van der Waals surface area contributed by atoms with E-state index in [4.69, 9.17) is 16.3 Å². The molecule has 3 rings (SSSR count). The normalized spacial score (nSPS) is 12.1. The number of fused-ring (bicyclic) bond motifs is 1. The summed E-state index contributed by atoms with van der Waals surface area (Å²) in [6.45, 7) is 1.78. The SMILES string of the molecule is COC(=O)c1cc2cc(F)c(NS(=O)(=O)CCCCl)cc2n1S(=O)(=O)c1ccc(C)cc1. The van der Waals surface area contributed by atoms with E-state index in [0.717, 1.165) is 28.8 Å². The van der Waals surface area contributed by atoms with E-state index in [0.29, 0.717) is 0 Å². The molecule has 8 nitrogen and oxygen atoms in total. The van der Waals surface area contributed by atoms with Gasteiger partial charge in [0.1, 0.15) is 11.5 Å². The fourth-order valence-electron chi connectivity index (χ4n) is 3.07. The first-order valence-corrected chi connectivity index (χ1v) is 12.9. The molecule has 12 heteroatoms.